The highest BCUT2D eigenvalue weighted by atomic mass is 16.5. The van der Waals surface area contributed by atoms with E-state index in [1.165, 1.54) is 0 Å². The Kier molecular flexibility index (Phi) is 5.93. The number of hydrogen-bond acceptors (Lipinski definition) is 4. The molecule has 28 heavy (non-hydrogen) atoms. The Morgan fingerprint density at radius 1 is 1.21 bits per heavy atom. The van der Waals surface area contributed by atoms with Crippen LogP contribution in [0.1, 0.15) is 44.6 Å². The molecule has 2 N–H and O–H groups in total. The molecule has 2 heterocycles. The summed E-state index contributed by atoms with van der Waals surface area (Å²) in [5.41, 5.74) is 4.06. The second kappa shape index (κ2) is 8.56. The molecule has 0 radical (unpaired) electrons. The number of hydrogen-bond donors (Lipinski definition) is 2. The summed E-state index contributed by atoms with van der Waals surface area (Å²) in [5, 5.41) is 7.24. The standard InChI is InChI=1S/C21H24N4O3/c1-4-28-21(27)18-14(2)19(24-15(18)3)20(26)22-11-10-16-12-23-25(13-16)17-8-6-5-7-9-17/h5-9,12-13,24H,4,10-11H2,1-3H3,(H,22,26). The van der Waals surface area contributed by atoms with Crippen LogP contribution in [0.15, 0.2) is 42.7 Å². The molecular formula is C21H24N4O3. The van der Waals surface area contributed by atoms with Crippen LogP contribution in [0.2, 0.25) is 0 Å². The SMILES string of the molecule is CCOC(=O)c1c(C)[nH]c(C(=O)NCCc2cnn(-c3ccccc3)c2)c1C. The number of nitrogens with zero attached hydrogens (tertiary/aromatic N) is 2. The lowest BCUT2D eigenvalue weighted by Gasteiger charge is -2.05. The fourth-order valence-corrected chi connectivity index (χ4v) is 3.11. The van der Waals surface area contributed by atoms with Gasteiger partial charge in [-0.1, -0.05) is 18.2 Å². The smallest absolute Gasteiger partial charge is 0.340 e. The minimum Gasteiger partial charge on any atom is -0.462 e. The first kappa shape index (κ1) is 19.4. The summed E-state index contributed by atoms with van der Waals surface area (Å²) >= 11 is 0. The van der Waals surface area contributed by atoms with E-state index in [-0.39, 0.29) is 5.91 Å². The molecule has 0 aliphatic heterocycles. The zero-order chi connectivity index (χ0) is 20.1. The summed E-state index contributed by atoms with van der Waals surface area (Å²) in [7, 11) is 0. The van der Waals surface area contributed by atoms with Crippen molar-refractivity contribution in [2.24, 2.45) is 0 Å². The van der Waals surface area contributed by atoms with E-state index in [0.29, 0.717) is 42.1 Å². The topological polar surface area (TPSA) is 89.0 Å². The molecule has 0 atom stereocenters. The van der Waals surface area contributed by atoms with Gasteiger partial charge in [0.1, 0.15) is 5.69 Å². The van der Waals surface area contributed by atoms with Crippen LogP contribution in [-0.2, 0) is 11.2 Å². The largest absolute Gasteiger partial charge is 0.462 e. The average molecular weight is 380 g/mol. The zero-order valence-corrected chi connectivity index (χ0v) is 16.3. The fourth-order valence-electron chi connectivity index (χ4n) is 3.11. The molecule has 0 bridgehead atoms. The molecule has 1 amide bonds. The summed E-state index contributed by atoms with van der Waals surface area (Å²) in [5.74, 6) is -0.660. The highest BCUT2D eigenvalue weighted by molar-refractivity contribution is 6.00. The highest BCUT2D eigenvalue weighted by Crippen LogP contribution is 2.19. The lowest BCUT2D eigenvalue weighted by molar-refractivity contribution is 0.0525. The van der Waals surface area contributed by atoms with Gasteiger partial charge in [-0.2, -0.15) is 5.10 Å². The van der Waals surface area contributed by atoms with E-state index in [1.807, 2.05) is 36.5 Å². The van der Waals surface area contributed by atoms with Gasteiger partial charge in [-0.25, -0.2) is 9.48 Å². The van der Waals surface area contributed by atoms with Gasteiger partial charge < -0.3 is 15.0 Å². The molecule has 0 aliphatic carbocycles. The third-order valence-corrected chi connectivity index (χ3v) is 4.50. The first-order chi connectivity index (χ1) is 13.5. The maximum atomic E-state index is 12.5. The number of carbonyl (C=O) groups is 2. The summed E-state index contributed by atoms with van der Waals surface area (Å²) in [6.45, 7) is 6.01. The maximum Gasteiger partial charge on any atom is 0.340 e. The van der Waals surface area contributed by atoms with E-state index >= 15 is 0 Å². The van der Waals surface area contributed by atoms with Crippen LogP contribution in [0.4, 0.5) is 0 Å². The van der Waals surface area contributed by atoms with Crippen LogP contribution in [0.3, 0.4) is 0 Å². The van der Waals surface area contributed by atoms with Gasteiger partial charge in [-0.05, 0) is 50.5 Å². The van der Waals surface area contributed by atoms with E-state index in [2.05, 4.69) is 15.4 Å². The first-order valence-corrected chi connectivity index (χ1v) is 9.24. The van der Waals surface area contributed by atoms with Crippen molar-refractivity contribution in [2.45, 2.75) is 27.2 Å². The van der Waals surface area contributed by atoms with Gasteiger partial charge in [0.25, 0.3) is 5.91 Å². The maximum absolute atomic E-state index is 12.5. The molecule has 0 saturated carbocycles. The lowest BCUT2D eigenvalue weighted by Crippen LogP contribution is -2.26. The summed E-state index contributed by atoms with van der Waals surface area (Å²) in [4.78, 5) is 27.6. The van der Waals surface area contributed by atoms with Crippen LogP contribution >= 0.6 is 0 Å². The number of carbonyl (C=O) groups excluding carboxylic acids is 2. The molecule has 7 heteroatoms. The van der Waals surface area contributed by atoms with E-state index in [1.54, 1.807) is 31.6 Å². The number of aromatic amines is 1. The molecular weight excluding hydrogens is 356 g/mol. The zero-order valence-electron chi connectivity index (χ0n) is 16.3. The molecule has 146 valence electrons. The van der Waals surface area contributed by atoms with Gasteiger partial charge in [-0.3, -0.25) is 4.79 Å². The number of aryl methyl sites for hydroxylation is 1. The Bertz CT molecular complexity index is 973. The van der Waals surface area contributed by atoms with Crippen molar-refractivity contribution >= 4 is 11.9 Å². The van der Waals surface area contributed by atoms with Crippen molar-refractivity contribution in [2.75, 3.05) is 13.2 Å². The van der Waals surface area contributed by atoms with Crippen LogP contribution in [0.5, 0.6) is 0 Å². The van der Waals surface area contributed by atoms with Crippen molar-refractivity contribution in [1.82, 2.24) is 20.1 Å². The van der Waals surface area contributed by atoms with Crippen molar-refractivity contribution in [3.63, 3.8) is 0 Å². The van der Waals surface area contributed by atoms with Gasteiger partial charge in [0, 0.05) is 18.4 Å². The number of ether oxygens (including phenoxy) is 1. The number of H-pyrrole nitrogens is 1. The second-order valence-electron chi connectivity index (χ2n) is 6.48. The Labute approximate surface area is 163 Å². The number of esters is 1. The quantitative estimate of drug-likeness (QED) is 0.617. The highest BCUT2D eigenvalue weighted by Gasteiger charge is 2.22. The lowest BCUT2D eigenvalue weighted by atomic mass is 10.1. The summed E-state index contributed by atoms with van der Waals surface area (Å²) in [6.07, 6.45) is 4.40. The van der Waals surface area contributed by atoms with E-state index in [9.17, 15) is 9.59 Å². The van der Waals surface area contributed by atoms with Gasteiger partial charge in [-0.15, -0.1) is 0 Å². The third-order valence-electron chi connectivity index (χ3n) is 4.50. The monoisotopic (exact) mass is 380 g/mol. The van der Waals surface area contributed by atoms with Crippen molar-refractivity contribution in [3.8, 4) is 5.69 Å². The molecule has 0 fully saturated rings. The number of amides is 1. The molecule has 3 aromatic rings. The van der Waals surface area contributed by atoms with Gasteiger partial charge >= 0.3 is 5.97 Å². The first-order valence-electron chi connectivity index (χ1n) is 9.24. The average Bonchev–Trinajstić information content (AvgIpc) is 3.27. The Balaban J connectivity index is 1.60. The normalized spacial score (nSPS) is 10.7. The Morgan fingerprint density at radius 3 is 2.68 bits per heavy atom. The minimum atomic E-state index is -0.416. The van der Waals surface area contributed by atoms with Crippen molar-refractivity contribution < 1.29 is 14.3 Å². The summed E-state index contributed by atoms with van der Waals surface area (Å²) < 4.78 is 6.87. The predicted molar refractivity (Wildman–Crippen MR) is 106 cm³/mol. The van der Waals surface area contributed by atoms with Gasteiger partial charge in [0.05, 0.1) is 24.1 Å². The summed E-state index contributed by atoms with van der Waals surface area (Å²) in [6, 6.07) is 9.84. The number of rotatable bonds is 7. The van der Waals surface area contributed by atoms with E-state index in [4.69, 9.17) is 4.74 Å². The van der Waals surface area contributed by atoms with Crippen LogP contribution in [0, 0.1) is 13.8 Å². The molecule has 1 aromatic carbocycles. The molecule has 0 unspecified atom stereocenters. The number of benzene rings is 1. The van der Waals surface area contributed by atoms with Crippen molar-refractivity contribution in [1.29, 1.82) is 0 Å². The van der Waals surface area contributed by atoms with Gasteiger partial charge in [0.2, 0.25) is 0 Å². The molecule has 0 spiro atoms. The number of nitrogens with one attached hydrogen (secondary N) is 2. The van der Waals surface area contributed by atoms with E-state index in [0.717, 1.165) is 11.3 Å². The molecule has 7 nitrogen and oxygen atoms in total. The van der Waals surface area contributed by atoms with Crippen LogP contribution < -0.4 is 5.32 Å². The fraction of sp³-hybridized carbons (Fsp3) is 0.286. The molecule has 3 rings (SSSR count). The molecule has 0 aliphatic rings. The number of aromatic nitrogens is 3. The van der Waals surface area contributed by atoms with E-state index < -0.39 is 5.97 Å². The number of para-hydroxylation sites is 1. The molecule has 2 aromatic heterocycles. The van der Waals surface area contributed by atoms with Gasteiger partial charge in [0.15, 0.2) is 0 Å². The predicted octanol–water partition coefficient (Wildman–Crippen LogP) is 2.97. The van der Waals surface area contributed by atoms with Crippen molar-refractivity contribution in [3.05, 3.63) is 70.8 Å². The second-order valence-corrected chi connectivity index (χ2v) is 6.48. The minimum absolute atomic E-state index is 0.244. The van der Waals surface area contributed by atoms with Crippen LogP contribution in [-0.4, -0.2) is 39.8 Å². The van der Waals surface area contributed by atoms with Crippen LogP contribution in [0.25, 0.3) is 5.69 Å². The Hall–Kier alpha value is -3.35. The molecule has 0 saturated heterocycles. The third kappa shape index (κ3) is 4.14. The Morgan fingerprint density at radius 2 is 1.96 bits per heavy atom.